The van der Waals surface area contributed by atoms with E-state index in [1.54, 1.807) is 6.21 Å². The molecule has 3 aromatic carbocycles. The molecule has 3 heterocycles. The van der Waals surface area contributed by atoms with E-state index in [0.717, 1.165) is 22.6 Å². The molecule has 11 nitrogen and oxygen atoms in total. The maximum absolute atomic E-state index is 10.4. The average Bonchev–Trinajstić information content (AvgIpc) is 3.56. The zero-order valence-electron chi connectivity index (χ0n) is 21.3. The van der Waals surface area contributed by atoms with Gasteiger partial charge < -0.3 is 25.0 Å². The summed E-state index contributed by atoms with van der Waals surface area (Å²) in [5, 5.41) is 34.2. The lowest BCUT2D eigenvalue weighted by Crippen LogP contribution is -2.33. The Morgan fingerprint density at radius 3 is 2.12 bits per heavy atom. The van der Waals surface area contributed by atoms with E-state index in [1.807, 2.05) is 60.7 Å². The fourth-order valence-electron chi connectivity index (χ4n) is 4.71. The molecule has 1 aliphatic rings. The molecule has 0 unspecified atom stereocenters. The summed E-state index contributed by atoms with van der Waals surface area (Å²) in [4.78, 5) is 15.0. The number of rotatable bonds is 8. The molecule has 202 valence electrons. The summed E-state index contributed by atoms with van der Waals surface area (Å²) in [5.74, 6) is 0.364. The standard InChI is InChI=1S/C29H27N7O4/c37-16-23-25(38)26(39)29(40-23)35-18-32-24-27(30-17-31-28(24)35)34-33-15-19-11-13-22(14-12-19)36(20-7-3-1-4-8-20)21-9-5-2-6-10-21/h1-15,17-18,23,25-26,29,37-39H,16H2,(H,30,31,34)/b33-15+/t23-,25-,26-,29-/m1/s1. The number of anilines is 4. The topological polar surface area (TPSA) is 141 Å². The van der Waals surface area contributed by atoms with Gasteiger partial charge in [-0.25, -0.2) is 15.0 Å². The van der Waals surface area contributed by atoms with Crippen molar-refractivity contribution < 1.29 is 20.1 Å². The Bertz CT molecular complexity index is 1560. The van der Waals surface area contributed by atoms with E-state index in [4.69, 9.17) is 4.74 Å². The maximum Gasteiger partial charge on any atom is 0.177 e. The van der Waals surface area contributed by atoms with Crippen LogP contribution in [0.25, 0.3) is 11.2 Å². The lowest BCUT2D eigenvalue weighted by Gasteiger charge is -2.25. The number of nitrogens with zero attached hydrogens (tertiary/aromatic N) is 6. The van der Waals surface area contributed by atoms with Crippen LogP contribution in [0.2, 0.25) is 0 Å². The summed E-state index contributed by atoms with van der Waals surface area (Å²) < 4.78 is 7.11. The molecule has 0 spiro atoms. The molecule has 0 aliphatic carbocycles. The van der Waals surface area contributed by atoms with E-state index in [-0.39, 0.29) is 0 Å². The van der Waals surface area contributed by atoms with Crippen LogP contribution in [0.3, 0.4) is 0 Å². The molecule has 40 heavy (non-hydrogen) atoms. The van der Waals surface area contributed by atoms with Gasteiger partial charge in [-0.15, -0.1) is 0 Å². The smallest absolute Gasteiger partial charge is 0.177 e. The molecule has 1 aliphatic heterocycles. The number of hydrogen-bond acceptors (Lipinski definition) is 10. The number of para-hydroxylation sites is 2. The molecule has 0 bridgehead atoms. The predicted octanol–water partition coefficient (Wildman–Crippen LogP) is 3.35. The summed E-state index contributed by atoms with van der Waals surface area (Å²) in [5.41, 5.74) is 7.70. The number of nitrogens with one attached hydrogen (secondary N) is 1. The van der Waals surface area contributed by atoms with Crippen molar-refractivity contribution in [1.29, 1.82) is 0 Å². The third kappa shape index (κ3) is 4.90. The minimum absolute atomic E-state index is 0.364. The Balaban J connectivity index is 1.20. The summed E-state index contributed by atoms with van der Waals surface area (Å²) in [6, 6.07) is 28.4. The van der Waals surface area contributed by atoms with Crippen molar-refractivity contribution in [2.24, 2.45) is 5.10 Å². The van der Waals surface area contributed by atoms with E-state index < -0.39 is 31.1 Å². The predicted molar refractivity (Wildman–Crippen MR) is 151 cm³/mol. The van der Waals surface area contributed by atoms with Crippen molar-refractivity contribution in [3.63, 3.8) is 0 Å². The largest absolute Gasteiger partial charge is 0.394 e. The summed E-state index contributed by atoms with van der Waals surface area (Å²) in [6.07, 6.45) is 0.135. The van der Waals surface area contributed by atoms with E-state index in [9.17, 15) is 15.3 Å². The van der Waals surface area contributed by atoms with Crippen LogP contribution in [0.15, 0.2) is 103 Å². The number of imidazole rings is 1. The molecule has 1 fully saturated rings. The fraction of sp³-hybridized carbons (Fsp3) is 0.172. The van der Waals surface area contributed by atoms with Gasteiger partial charge in [-0.05, 0) is 42.0 Å². The molecular weight excluding hydrogens is 510 g/mol. The third-order valence-corrected chi connectivity index (χ3v) is 6.71. The highest BCUT2D eigenvalue weighted by molar-refractivity contribution is 5.85. The normalized spacial score (nSPS) is 20.8. The van der Waals surface area contributed by atoms with Gasteiger partial charge in [0.05, 0.1) is 19.1 Å². The second-order valence-electron chi connectivity index (χ2n) is 9.24. The number of aliphatic hydroxyl groups excluding tert-OH is 3. The number of ether oxygens (including phenoxy) is 1. The lowest BCUT2D eigenvalue weighted by atomic mass is 10.1. The minimum atomic E-state index is -1.25. The van der Waals surface area contributed by atoms with Crippen LogP contribution in [0.4, 0.5) is 22.9 Å². The SMILES string of the molecule is OC[C@H]1O[C@@H](n2cnc3c(N/N=C/c4ccc(N(c5ccccc5)c5ccccc5)cc4)ncnc32)[C@H](O)[C@@H]1O. The van der Waals surface area contributed by atoms with Crippen molar-refractivity contribution in [3.05, 3.63) is 103 Å². The fourth-order valence-corrected chi connectivity index (χ4v) is 4.71. The minimum Gasteiger partial charge on any atom is -0.394 e. The molecule has 4 N–H and O–H groups in total. The first-order valence-electron chi connectivity index (χ1n) is 12.7. The van der Waals surface area contributed by atoms with Crippen molar-refractivity contribution in [2.45, 2.75) is 24.5 Å². The van der Waals surface area contributed by atoms with Crippen LogP contribution in [-0.2, 0) is 4.74 Å². The number of hydrazone groups is 1. The molecular formula is C29H27N7O4. The summed E-state index contributed by atoms with van der Waals surface area (Å²) in [6.45, 7) is -0.421. The molecule has 4 atom stereocenters. The number of benzene rings is 3. The molecule has 11 heteroatoms. The number of aromatic nitrogens is 4. The number of hydrogen-bond donors (Lipinski definition) is 4. The Morgan fingerprint density at radius 2 is 1.50 bits per heavy atom. The Labute approximate surface area is 229 Å². The first kappa shape index (κ1) is 25.6. The van der Waals surface area contributed by atoms with Gasteiger partial charge in [0.25, 0.3) is 0 Å². The van der Waals surface area contributed by atoms with Crippen molar-refractivity contribution in [1.82, 2.24) is 19.5 Å². The average molecular weight is 538 g/mol. The highest BCUT2D eigenvalue weighted by atomic mass is 16.6. The summed E-state index contributed by atoms with van der Waals surface area (Å²) in [7, 11) is 0. The van der Waals surface area contributed by atoms with Gasteiger partial charge in [0.2, 0.25) is 0 Å². The first-order chi connectivity index (χ1) is 19.6. The molecule has 1 saturated heterocycles. The molecule has 6 rings (SSSR count). The number of fused-ring (bicyclic) bond motifs is 1. The number of aliphatic hydroxyl groups is 3. The molecule has 0 amide bonds. The second kappa shape index (κ2) is 11.2. The molecule has 5 aromatic rings. The van der Waals surface area contributed by atoms with Crippen molar-refractivity contribution in [3.8, 4) is 0 Å². The quantitative estimate of drug-likeness (QED) is 0.173. The van der Waals surface area contributed by atoms with E-state index in [1.165, 1.54) is 17.2 Å². The highest BCUT2D eigenvalue weighted by Gasteiger charge is 2.44. The Kier molecular flexibility index (Phi) is 7.17. The van der Waals surface area contributed by atoms with Gasteiger partial charge >= 0.3 is 0 Å². The molecule has 0 radical (unpaired) electrons. The second-order valence-corrected chi connectivity index (χ2v) is 9.24. The van der Waals surface area contributed by atoms with Gasteiger partial charge in [0.15, 0.2) is 23.2 Å². The Morgan fingerprint density at radius 1 is 0.850 bits per heavy atom. The Hall–Kier alpha value is -4.68. The zero-order valence-corrected chi connectivity index (χ0v) is 21.3. The van der Waals surface area contributed by atoms with E-state index >= 15 is 0 Å². The first-order valence-corrected chi connectivity index (χ1v) is 12.7. The molecule has 0 saturated carbocycles. The van der Waals surface area contributed by atoms with Crippen molar-refractivity contribution >= 4 is 40.3 Å². The lowest BCUT2D eigenvalue weighted by molar-refractivity contribution is -0.0511. The van der Waals surface area contributed by atoms with Gasteiger partial charge in [-0.1, -0.05) is 48.5 Å². The van der Waals surface area contributed by atoms with Crippen LogP contribution >= 0.6 is 0 Å². The van der Waals surface area contributed by atoms with Gasteiger partial charge in [0.1, 0.15) is 24.6 Å². The molecule has 2 aromatic heterocycles. The van der Waals surface area contributed by atoms with Crippen LogP contribution in [0.5, 0.6) is 0 Å². The van der Waals surface area contributed by atoms with E-state index in [0.29, 0.717) is 17.0 Å². The van der Waals surface area contributed by atoms with Gasteiger partial charge in [-0.2, -0.15) is 5.10 Å². The summed E-state index contributed by atoms with van der Waals surface area (Å²) >= 11 is 0. The maximum atomic E-state index is 10.4. The van der Waals surface area contributed by atoms with Gasteiger partial charge in [0, 0.05) is 17.1 Å². The van der Waals surface area contributed by atoms with Crippen LogP contribution in [0, 0.1) is 0 Å². The van der Waals surface area contributed by atoms with Crippen molar-refractivity contribution in [2.75, 3.05) is 16.9 Å². The van der Waals surface area contributed by atoms with Crippen LogP contribution in [-0.4, -0.2) is 66.0 Å². The van der Waals surface area contributed by atoms with E-state index in [2.05, 4.69) is 54.6 Å². The highest BCUT2D eigenvalue weighted by Crippen LogP contribution is 2.34. The van der Waals surface area contributed by atoms with Gasteiger partial charge in [-0.3, -0.25) is 9.99 Å². The van der Waals surface area contributed by atoms with Crippen LogP contribution in [0.1, 0.15) is 11.8 Å². The zero-order chi connectivity index (χ0) is 27.5. The monoisotopic (exact) mass is 537 g/mol. The third-order valence-electron chi connectivity index (χ3n) is 6.71. The van der Waals surface area contributed by atoms with Crippen LogP contribution < -0.4 is 10.3 Å².